The Kier molecular flexibility index (Phi) is 8.60. The molecule has 3 heterocycles. The summed E-state index contributed by atoms with van der Waals surface area (Å²) in [6.07, 6.45) is 14.8. The molecule has 35 heavy (non-hydrogen) atoms. The Hall–Kier alpha value is -2.67. The van der Waals surface area contributed by atoms with Crippen molar-refractivity contribution < 1.29 is 19.1 Å². The van der Waals surface area contributed by atoms with Gasteiger partial charge in [0.2, 0.25) is 5.76 Å². The zero-order chi connectivity index (χ0) is 24.7. The van der Waals surface area contributed by atoms with Gasteiger partial charge in [-0.15, -0.1) is 0 Å². The molecule has 1 saturated carbocycles. The molecular weight excluding hydrogens is 442 g/mol. The summed E-state index contributed by atoms with van der Waals surface area (Å²) in [5.74, 6) is -0.535. The molecule has 0 bridgehead atoms. The van der Waals surface area contributed by atoms with Gasteiger partial charge in [-0.25, -0.2) is 0 Å². The second kappa shape index (κ2) is 11.8. The Bertz CT molecular complexity index is 970. The first-order chi connectivity index (χ1) is 16.9. The maximum Gasteiger partial charge on any atom is 0.303 e. The molecule has 2 aromatic rings. The molecule has 0 radical (unpaired) electrons. The number of carbonyl (C=O) groups is 2. The monoisotopic (exact) mass is 481 g/mol. The van der Waals surface area contributed by atoms with Gasteiger partial charge in [-0.05, 0) is 81.5 Å². The van der Waals surface area contributed by atoms with Gasteiger partial charge in [-0.3, -0.25) is 14.6 Å². The van der Waals surface area contributed by atoms with Gasteiger partial charge in [0.15, 0.2) is 0 Å². The van der Waals surface area contributed by atoms with Crippen LogP contribution in [0.3, 0.4) is 0 Å². The summed E-state index contributed by atoms with van der Waals surface area (Å²) < 4.78 is 5.54. The van der Waals surface area contributed by atoms with Crippen LogP contribution in [-0.2, 0) is 4.79 Å². The number of carbonyl (C=O) groups excluding carboxylic acids is 1. The lowest BCUT2D eigenvalue weighted by molar-refractivity contribution is -0.137. The molecule has 7 heteroatoms. The van der Waals surface area contributed by atoms with E-state index in [4.69, 9.17) is 9.52 Å². The van der Waals surface area contributed by atoms with Crippen molar-refractivity contribution in [1.29, 1.82) is 0 Å². The van der Waals surface area contributed by atoms with Crippen molar-refractivity contribution in [1.82, 2.24) is 15.2 Å². The molecule has 7 nitrogen and oxygen atoms in total. The number of nitrogens with zero attached hydrogens (tertiary/aromatic N) is 2. The SMILES string of the molecule is Cc1ccc(-c2ccoc2C(=O)NC2CCN(CCC3(CCCC(=O)O)CCCCC3)CC2)nc1. The van der Waals surface area contributed by atoms with Crippen LogP contribution in [0.15, 0.2) is 35.1 Å². The molecule has 0 atom stereocenters. The van der Waals surface area contributed by atoms with Gasteiger partial charge in [0.1, 0.15) is 0 Å². The number of hydrogen-bond donors (Lipinski definition) is 2. The molecule has 2 aliphatic rings. The number of amides is 1. The van der Waals surface area contributed by atoms with E-state index in [0.717, 1.165) is 68.6 Å². The van der Waals surface area contributed by atoms with E-state index in [-0.39, 0.29) is 18.4 Å². The molecule has 2 fully saturated rings. The number of likely N-dealkylation sites (tertiary alicyclic amines) is 1. The van der Waals surface area contributed by atoms with Gasteiger partial charge in [0.25, 0.3) is 5.91 Å². The van der Waals surface area contributed by atoms with E-state index in [1.807, 2.05) is 19.1 Å². The highest BCUT2D eigenvalue weighted by Crippen LogP contribution is 2.43. The van der Waals surface area contributed by atoms with Gasteiger partial charge < -0.3 is 19.7 Å². The fourth-order valence-electron chi connectivity index (χ4n) is 5.80. The highest BCUT2D eigenvalue weighted by molar-refractivity contribution is 5.97. The van der Waals surface area contributed by atoms with Crippen molar-refractivity contribution in [2.45, 2.75) is 83.6 Å². The maximum absolute atomic E-state index is 13.0. The summed E-state index contributed by atoms with van der Waals surface area (Å²) in [4.78, 5) is 30.9. The summed E-state index contributed by atoms with van der Waals surface area (Å²) in [6, 6.07) is 5.83. The van der Waals surface area contributed by atoms with Crippen molar-refractivity contribution in [3.63, 3.8) is 0 Å². The van der Waals surface area contributed by atoms with Crippen LogP contribution < -0.4 is 5.32 Å². The number of aryl methyl sites for hydroxylation is 1. The van der Waals surface area contributed by atoms with Crippen LogP contribution in [0.2, 0.25) is 0 Å². The molecule has 1 aliphatic carbocycles. The molecule has 1 aliphatic heterocycles. The fourth-order valence-corrected chi connectivity index (χ4v) is 5.80. The first-order valence-electron chi connectivity index (χ1n) is 13.2. The first-order valence-corrected chi connectivity index (χ1v) is 13.2. The lowest BCUT2D eigenvalue weighted by Crippen LogP contribution is -2.45. The molecule has 4 rings (SSSR count). The highest BCUT2D eigenvalue weighted by atomic mass is 16.4. The predicted octanol–water partition coefficient (Wildman–Crippen LogP) is 5.44. The van der Waals surface area contributed by atoms with E-state index in [1.165, 1.54) is 32.1 Å². The highest BCUT2D eigenvalue weighted by Gasteiger charge is 2.33. The summed E-state index contributed by atoms with van der Waals surface area (Å²) in [7, 11) is 0. The number of carboxylic acids is 1. The molecule has 2 N–H and O–H groups in total. The van der Waals surface area contributed by atoms with Gasteiger partial charge in [-0.1, -0.05) is 25.3 Å². The molecule has 190 valence electrons. The molecular formula is C28H39N3O4. The molecule has 0 unspecified atom stereocenters. The average Bonchev–Trinajstić information content (AvgIpc) is 3.35. The number of hydrogen-bond acceptors (Lipinski definition) is 5. The van der Waals surface area contributed by atoms with Gasteiger partial charge >= 0.3 is 5.97 Å². The minimum absolute atomic E-state index is 0.141. The molecule has 1 saturated heterocycles. The van der Waals surface area contributed by atoms with Crippen LogP contribution in [0.25, 0.3) is 11.3 Å². The first kappa shape index (κ1) is 25.4. The van der Waals surface area contributed by atoms with Crippen molar-refractivity contribution in [2.75, 3.05) is 19.6 Å². The second-order valence-electron chi connectivity index (χ2n) is 10.5. The van der Waals surface area contributed by atoms with Crippen LogP contribution in [0, 0.1) is 12.3 Å². The standard InChI is InChI=1S/C28H39N3O4/c1-21-7-8-24(29-20-21)23-11-19-35-26(23)27(34)30-22-9-16-31(17-10-22)18-15-28(12-3-2-4-13-28)14-5-6-25(32)33/h7-8,11,19-20,22H,2-6,9-10,12-18H2,1H3,(H,30,34)(H,32,33). The third-order valence-corrected chi connectivity index (χ3v) is 7.95. The van der Waals surface area contributed by atoms with Gasteiger partial charge in [0.05, 0.1) is 17.5 Å². The van der Waals surface area contributed by atoms with E-state index in [0.29, 0.717) is 11.2 Å². The van der Waals surface area contributed by atoms with Crippen molar-refractivity contribution in [3.05, 3.63) is 42.0 Å². The number of aliphatic carboxylic acids is 1. The zero-order valence-electron chi connectivity index (χ0n) is 20.9. The minimum Gasteiger partial charge on any atom is -0.481 e. The Morgan fingerprint density at radius 1 is 1.14 bits per heavy atom. The summed E-state index contributed by atoms with van der Waals surface area (Å²) in [5, 5.41) is 12.2. The van der Waals surface area contributed by atoms with E-state index in [1.54, 1.807) is 18.5 Å². The second-order valence-corrected chi connectivity index (χ2v) is 10.5. The van der Waals surface area contributed by atoms with Crippen LogP contribution in [0.5, 0.6) is 0 Å². The number of pyridine rings is 1. The lowest BCUT2D eigenvalue weighted by atomic mass is 9.68. The fraction of sp³-hybridized carbons (Fsp3) is 0.607. The van der Waals surface area contributed by atoms with Crippen LogP contribution in [0.4, 0.5) is 0 Å². The van der Waals surface area contributed by atoms with Crippen LogP contribution >= 0.6 is 0 Å². The van der Waals surface area contributed by atoms with Crippen molar-refractivity contribution in [2.24, 2.45) is 5.41 Å². The molecule has 0 aromatic carbocycles. The topological polar surface area (TPSA) is 95.7 Å². The van der Waals surface area contributed by atoms with E-state index in [9.17, 15) is 9.59 Å². The summed E-state index contributed by atoms with van der Waals surface area (Å²) >= 11 is 0. The smallest absolute Gasteiger partial charge is 0.303 e. The number of carboxylic acid groups (broad SMARTS) is 1. The van der Waals surface area contributed by atoms with Crippen molar-refractivity contribution in [3.8, 4) is 11.3 Å². The summed E-state index contributed by atoms with van der Waals surface area (Å²) in [5.41, 5.74) is 2.85. The number of aromatic nitrogens is 1. The van der Waals surface area contributed by atoms with Crippen LogP contribution in [0.1, 0.15) is 86.7 Å². The van der Waals surface area contributed by atoms with E-state index < -0.39 is 5.97 Å². The Morgan fingerprint density at radius 2 is 1.91 bits per heavy atom. The molecule has 2 aromatic heterocycles. The Labute approximate surface area is 208 Å². The average molecular weight is 482 g/mol. The predicted molar refractivity (Wildman–Crippen MR) is 135 cm³/mol. The Balaban J connectivity index is 1.25. The zero-order valence-corrected chi connectivity index (χ0v) is 20.9. The summed E-state index contributed by atoms with van der Waals surface area (Å²) in [6.45, 7) is 5.00. The molecule has 0 spiro atoms. The third kappa shape index (κ3) is 6.94. The van der Waals surface area contributed by atoms with E-state index >= 15 is 0 Å². The number of furan rings is 1. The Morgan fingerprint density at radius 3 is 2.60 bits per heavy atom. The number of piperidine rings is 1. The number of nitrogens with one attached hydrogen (secondary N) is 1. The van der Waals surface area contributed by atoms with Crippen molar-refractivity contribution >= 4 is 11.9 Å². The van der Waals surface area contributed by atoms with Gasteiger partial charge in [-0.2, -0.15) is 0 Å². The third-order valence-electron chi connectivity index (χ3n) is 7.95. The van der Waals surface area contributed by atoms with E-state index in [2.05, 4.69) is 15.2 Å². The molecule has 1 amide bonds. The lowest BCUT2D eigenvalue weighted by Gasteiger charge is -2.40. The van der Waals surface area contributed by atoms with Gasteiger partial charge in [0, 0.05) is 31.7 Å². The quantitative estimate of drug-likeness (QED) is 0.469. The largest absolute Gasteiger partial charge is 0.481 e. The minimum atomic E-state index is -0.683. The maximum atomic E-state index is 13.0. The number of rotatable bonds is 10. The van der Waals surface area contributed by atoms with Crippen LogP contribution in [-0.4, -0.2) is 52.5 Å². The normalized spacial score (nSPS) is 18.9.